The Hall–Kier alpha value is -4.47. The standard InChI is InChI=1S/C24H18F3N5O2/c1-28-23-30-12-10-20(32-23)19-9-4-11-29-22(19)34-18-8-3-7-17(14-18)31-21(33)15-5-2-6-16(13-15)24(25,26)27/h2-14H,1H3,(H,31,33)(H,28,30,32). The molecule has 0 aliphatic heterocycles. The number of hydrogen-bond acceptors (Lipinski definition) is 6. The van der Waals surface area contributed by atoms with Gasteiger partial charge in [0.15, 0.2) is 0 Å². The lowest BCUT2D eigenvalue weighted by atomic mass is 10.1. The highest BCUT2D eigenvalue weighted by Crippen LogP contribution is 2.32. The van der Waals surface area contributed by atoms with Crippen LogP contribution in [0.25, 0.3) is 11.3 Å². The van der Waals surface area contributed by atoms with Gasteiger partial charge in [-0.1, -0.05) is 12.1 Å². The summed E-state index contributed by atoms with van der Waals surface area (Å²) >= 11 is 0. The zero-order valence-corrected chi connectivity index (χ0v) is 17.8. The predicted octanol–water partition coefficient (Wildman–Crippen LogP) is 5.64. The lowest BCUT2D eigenvalue weighted by Crippen LogP contribution is -2.13. The highest BCUT2D eigenvalue weighted by atomic mass is 19.4. The van der Waals surface area contributed by atoms with E-state index >= 15 is 0 Å². The normalized spacial score (nSPS) is 11.1. The number of nitrogens with one attached hydrogen (secondary N) is 2. The number of nitrogens with zero attached hydrogens (tertiary/aromatic N) is 3. The second-order valence-corrected chi connectivity index (χ2v) is 7.03. The van der Waals surface area contributed by atoms with E-state index in [1.807, 2.05) is 0 Å². The van der Waals surface area contributed by atoms with Crippen LogP contribution in [0, 0.1) is 0 Å². The van der Waals surface area contributed by atoms with Crippen molar-refractivity contribution in [2.45, 2.75) is 6.18 Å². The van der Waals surface area contributed by atoms with E-state index in [9.17, 15) is 18.0 Å². The number of hydrogen-bond donors (Lipinski definition) is 2. The highest BCUT2D eigenvalue weighted by Gasteiger charge is 2.30. The summed E-state index contributed by atoms with van der Waals surface area (Å²) in [6, 6.07) is 15.9. The summed E-state index contributed by atoms with van der Waals surface area (Å²) in [5.74, 6) is 0.406. The predicted molar refractivity (Wildman–Crippen MR) is 121 cm³/mol. The summed E-state index contributed by atoms with van der Waals surface area (Å²) in [6.07, 6.45) is -1.37. The molecule has 0 saturated carbocycles. The number of ether oxygens (including phenoxy) is 1. The Labute approximate surface area is 192 Å². The molecule has 0 aliphatic carbocycles. The Morgan fingerprint density at radius 3 is 2.56 bits per heavy atom. The Bertz CT molecular complexity index is 1330. The van der Waals surface area contributed by atoms with Gasteiger partial charge in [-0.25, -0.2) is 15.0 Å². The molecule has 7 nitrogen and oxygen atoms in total. The van der Waals surface area contributed by atoms with Crippen molar-refractivity contribution in [1.29, 1.82) is 0 Å². The van der Waals surface area contributed by atoms with Gasteiger partial charge in [0.05, 0.1) is 16.8 Å². The molecular formula is C24H18F3N5O2. The first-order valence-electron chi connectivity index (χ1n) is 10.1. The van der Waals surface area contributed by atoms with Crippen molar-refractivity contribution in [1.82, 2.24) is 15.0 Å². The largest absolute Gasteiger partial charge is 0.438 e. The summed E-state index contributed by atoms with van der Waals surface area (Å²) in [6.45, 7) is 0. The number of alkyl halides is 3. The van der Waals surface area contributed by atoms with Crippen molar-refractivity contribution in [3.8, 4) is 22.9 Å². The van der Waals surface area contributed by atoms with Crippen LogP contribution in [0.3, 0.4) is 0 Å². The van der Waals surface area contributed by atoms with Gasteiger partial charge < -0.3 is 15.4 Å². The maximum absolute atomic E-state index is 13.0. The third kappa shape index (κ3) is 5.29. The lowest BCUT2D eigenvalue weighted by molar-refractivity contribution is -0.137. The van der Waals surface area contributed by atoms with E-state index in [2.05, 4.69) is 25.6 Å². The number of aromatic nitrogens is 3. The van der Waals surface area contributed by atoms with Crippen molar-refractivity contribution < 1.29 is 22.7 Å². The molecule has 0 radical (unpaired) electrons. The van der Waals surface area contributed by atoms with Crippen LogP contribution >= 0.6 is 0 Å². The minimum absolute atomic E-state index is 0.114. The number of carbonyl (C=O) groups is 1. The van der Waals surface area contributed by atoms with Gasteiger partial charge in [0.2, 0.25) is 11.8 Å². The van der Waals surface area contributed by atoms with Crippen LogP contribution in [0.2, 0.25) is 0 Å². The SMILES string of the molecule is CNc1nccc(-c2cccnc2Oc2cccc(NC(=O)c3cccc(C(F)(F)F)c3)c2)n1. The molecule has 0 aliphatic rings. The topological polar surface area (TPSA) is 89.0 Å². The molecule has 4 aromatic rings. The molecule has 2 aromatic carbocycles. The van der Waals surface area contributed by atoms with Crippen molar-refractivity contribution in [3.63, 3.8) is 0 Å². The van der Waals surface area contributed by atoms with Crippen LogP contribution in [-0.2, 0) is 6.18 Å². The van der Waals surface area contributed by atoms with E-state index in [0.717, 1.165) is 12.1 Å². The minimum Gasteiger partial charge on any atom is -0.438 e. The quantitative estimate of drug-likeness (QED) is 0.383. The zero-order valence-electron chi connectivity index (χ0n) is 17.8. The van der Waals surface area contributed by atoms with Crippen LogP contribution in [0.4, 0.5) is 24.8 Å². The van der Waals surface area contributed by atoms with Crippen LogP contribution in [0.1, 0.15) is 15.9 Å². The summed E-state index contributed by atoms with van der Waals surface area (Å²) in [4.78, 5) is 25.3. The van der Waals surface area contributed by atoms with E-state index in [-0.39, 0.29) is 11.4 Å². The van der Waals surface area contributed by atoms with E-state index in [0.29, 0.717) is 28.6 Å². The smallest absolute Gasteiger partial charge is 0.416 e. The molecule has 0 spiro atoms. The molecule has 0 unspecified atom stereocenters. The van der Waals surface area contributed by atoms with Gasteiger partial charge in [0.1, 0.15) is 5.75 Å². The number of rotatable bonds is 6. The van der Waals surface area contributed by atoms with Crippen LogP contribution in [0.15, 0.2) is 79.1 Å². The number of anilines is 2. The Balaban J connectivity index is 1.55. The molecule has 0 bridgehead atoms. The summed E-state index contributed by atoms with van der Waals surface area (Å²) in [5, 5.41) is 5.46. The van der Waals surface area contributed by atoms with Gasteiger partial charge >= 0.3 is 6.18 Å². The molecule has 4 rings (SSSR count). The number of pyridine rings is 1. The summed E-state index contributed by atoms with van der Waals surface area (Å²) in [7, 11) is 1.71. The van der Waals surface area contributed by atoms with Gasteiger partial charge in [0, 0.05) is 36.8 Å². The Kier molecular flexibility index (Phi) is 6.39. The van der Waals surface area contributed by atoms with E-state index in [1.54, 1.807) is 61.9 Å². The van der Waals surface area contributed by atoms with Gasteiger partial charge in [-0.15, -0.1) is 0 Å². The molecule has 0 saturated heterocycles. The van der Waals surface area contributed by atoms with Crippen molar-refractivity contribution in [2.24, 2.45) is 0 Å². The van der Waals surface area contributed by atoms with E-state index in [1.165, 1.54) is 12.1 Å². The first-order chi connectivity index (χ1) is 16.3. The third-order valence-corrected chi connectivity index (χ3v) is 4.68. The number of halogens is 3. The fourth-order valence-corrected chi connectivity index (χ4v) is 3.09. The summed E-state index contributed by atoms with van der Waals surface area (Å²) < 4.78 is 44.8. The van der Waals surface area contributed by atoms with E-state index in [4.69, 9.17) is 4.74 Å². The molecule has 1 amide bonds. The van der Waals surface area contributed by atoms with Crippen molar-refractivity contribution in [3.05, 3.63) is 90.3 Å². The van der Waals surface area contributed by atoms with Gasteiger partial charge in [0.25, 0.3) is 5.91 Å². The Morgan fingerprint density at radius 2 is 1.76 bits per heavy atom. The van der Waals surface area contributed by atoms with Gasteiger partial charge in [-0.05, 0) is 48.5 Å². The average molecular weight is 465 g/mol. The number of benzene rings is 2. The first-order valence-corrected chi connectivity index (χ1v) is 10.1. The highest BCUT2D eigenvalue weighted by molar-refractivity contribution is 6.04. The van der Waals surface area contributed by atoms with Crippen LogP contribution in [0.5, 0.6) is 11.6 Å². The van der Waals surface area contributed by atoms with Gasteiger partial charge in [-0.3, -0.25) is 4.79 Å². The molecule has 2 heterocycles. The molecule has 2 aromatic heterocycles. The second-order valence-electron chi connectivity index (χ2n) is 7.03. The Morgan fingerprint density at radius 1 is 0.941 bits per heavy atom. The lowest BCUT2D eigenvalue weighted by Gasteiger charge is -2.12. The molecule has 34 heavy (non-hydrogen) atoms. The van der Waals surface area contributed by atoms with E-state index < -0.39 is 17.6 Å². The fourth-order valence-electron chi connectivity index (χ4n) is 3.09. The summed E-state index contributed by atoms with van der Waals surface area (Å²) in [5.41, 5.74) is 0.552. The fraction of sp³-hybridized carbons (Fsp3) is 0.0833. The number of amides is 1. The zero-order chi connectivity index (χ0) is 24.1. The minimum atomic E-state index is -4.54. The second kappa shape index (κ2) is 9.57. The first kappa shape index (κ1) is 22.7. The van der Waals surface area contributed by atoms with Crippen LogP contribution in [-0.4, -0.2) is 27.9 Å². The average Bonchev–Trinajstić information content (AvgIpc) is 2.84. The maximum atomic E-state index is 13.0. The monoisotopic (exact) mass is 465 g/mol. The van der Waals surface area contributed by atoms with Crippen LogP contribution < -0.4 is 15.4 Å². The maximum Gasteiger partial charge on any atom is 0.416 e. The molecule has 0 atom stereocenters. The number of carbonyl (C=O) groups excluding carboxylic acids is 1. The van der Waals surface area contributed by atoms with Crippen molar-refractivity contribution in [2.75, 3.05) is 17.7 Å². The van der Waals surface area contributed by atoms with Crippen molar-refractivity contribution >= 4 is 17.5 Å². The molecule has 0 fully saturated rings. The molecule has 172 valence electrons. The molecule has 2 N–H and O–H groups in total. The molecular weight excluding hydrogens is 447 g/mol. The van der Waals surface area contributed by atoms with Gasteiger partial charge in [-0.2, -0.15) is 13.2 Å². The molecule has 10 heteroatoms. The third-order valence-electron chi connectivity index (χ3n) is 4.68.